The molecule has 0 spiro atoms. The van der Waals surface area contributed by atoms with Crippen LogP contribution in [0.2, 0.25) is 0 Å². The van der Waals surface area contributed by atoms with Crippen LogP contribution in [0.4, 0.5) is 10.1 Å². The molecule has 3 nitrogen and oxygen atoms in total. The van der Waals surface area contributed by atoms with Gasteiger partial charge in [-0.05, 0) is 42.8 Å². The van der Waals surface area contributed by atoms with Gasteiger partial charge < -0.3 is 10.6 Å². The number of aryl methyl sites for hydroxylation is 1. The normalized spacial score (nSPS) is 12.2. The maximum atomic E-state index is 12.9. The van der Waals surface area contributed by atoms with E-state index in [-0.39, 0.29) is 11.9 Å². The fourth-order valence-electron chi connectivity index (χ4n) is 2.05. The lowest BCUT2D eigenvalue weighted by Gasteiger charge is -2.29. The zero-order valence-corrected chi connectivity index (χ0v) is 11.2. The second-order valence-electron chi connectivity index (χ2n) is 4.57. The Labute approximate surface area is 112 Å². The monoisotopic (exact) mass is 259 g/mol. The average molecular weight is 259 g/mol. The Morgan fingerprint density at radius 1 is 1.21 bits per heavy atom. The van der Waals surface area contributed by atoms with E-state index < -0.39 is 0 Å². The standard InChI is InChI=1S/C15H18FN3/c1-11-3-4-12(10-18-11)15(9-17)19(2)14-7-5-13(16)6-8-14/h3-8,10,15H,9,17H2,1-2H3. The molecule has 100 valence electrons. The van der Waals surface area contributed by atoms with E-state index in [1.807, 2.05) is 37.2 Å². The third kappa shape index (κ3) is 3.09. The minimum atomic E-state index is -0.238. The molecule has 4 heteroatoms. The molecule has 0 aliphatic heterocycles. The lowest BCUT2D eigenvalue weighted by atomic mass is 10.1. The summed E-state index contributed by atoms with van der Waals surface area (Å²) in [6.45, 7) is 2.42. The maximum Gasteiger partial charge on any atom is 0.123 e. The molecule has 1 atom stereocenters. The van der Waals surface area contributed by atoms with Crippen molar-refractivity contribution in [3.8, 4) is 0 Å². The highest BCUT2D eigenvalue weighted by Crippen LogP contribution is 2.24. The molecule has 1 aromatic carbocycles. The van der Waals surface area contributed by atoms with Crippen LogP contribution in [-0.2, 0) is 0 Å². The Morgan fingerprint density at radius 2 is 1.89 bits per heavy atom. The quantitative estimate of drug-likeness (QED) is 0.918. The van der Waals surface area contributed by atoms with Crippen molar-refractivity contribution in [1.82, 2.24) is 4.98 Å². The van der Waals surface area contributed by atoms with E-state index in [0.717, 1.165) is 16.9 Å². The van der Waals surface area contributed by atoms with Gasteiger partial charge in [0.05, 0.1) is 6.04 Å². The maximum absolute atomic E-state index is 12.9. The predicted molar refractivity (Wildman–Crippen MR) is 75.6 cm³/mol. The van der Waals surface area contributed by atoms with Crippen LogP contribution in [0, 0.1) is 12.7 Å². The van der Waals surface area contributed by atoms with Crippen LogP contribution in [0.3, 0.4) is 0 Å². The molecule has 1 heterocycles. The largest absolute Gasteiger partial charge is 0.366 e. The molecule has 0 saturated heterocycles. The Hall–Kier alpha value is -1.94. The lowest BCUT2D eigenvalue weighted by molar-refractivity contribution is 0.626. The van der Waals surface area contributed by atoms with Gasteiger partial charge in [-0.15, -0.1) is 0 Å². The average Bonchev–Trinajstić information content (AvgIpc) is 2.42. The van der Waals surface area contributed by atoms with Crippen molar-refractivity contribution in [3.63, 3.8) is 0 Å². The van der Waals surface area contributed by atoms with Gasteiger partial charge in [0.15, 0.2) is 0 Å². The fourth-order valence-corrected chi connectivity index (χ4v) is 2.05. The van der Waals surface area contributed by atoms with E-state index in [1.165, 1.54) is 12.1 Å². The van der Waals surface area contributed by atoms with Gasteiger partial charge in [-0.3, -0.25) is 4.98 Å². The van der Waals surface area contributed by atoms with Gasteiger partial charge in [-0.1, -0.05) is 6.07 Å². The Kier molecular flexibility index (Phi) is 4.12. The zero-order chi connectivity index (χ0) is 13.8. The van der Waals surface area contributed by atoms with E-state index in [4.69, 9.17) is 5.73 Å². The van der Waals surface area contributed by atoms with Crippen molar-refractivity contribution in [1.29, 1.82) is 0 Å². The first-order valence-electron chi connectivity index (χ1n) is 6.23. The van der Waals surface area contributed by atoms with Crippen molar-refractivity contribution < 1.29 is 4.39 Å². The van der Waals surface area contributed by atoms with Crippen LogP contribution in [0.5, 0.6) is 0 Å². The van der Waals surface area contributed by atoms with Crippen LogP contribution in [0.15, 0.2) is 42.6 Å². The number of likely N-dealkylation sites (N-methyl/N-ethyl adjacent to an activating group) is 1. The Bertz CT molecular complexity index is 522. The van der Waals surface area contributed by atoms with Gasteiger partial charge in [-0.2, -0.15) is 0 Å². The number of pyridine rings is 1. The van der Waals surface area contributed by atoms with E-state index in [9.17, 15) is 4.39 Å². The predicted octanol–water partition coefficient (Wildman–Crippen LogP) is 2.67. The first-order chi connectivity index (χ1) is 9.11. The topological polar surface area (TPSA) is 42.1 Å². The third-order valence-electron chi connectivity index (χ3n) is 3.24. The summed E-state index contributed by atoms with van der Waals surface area (Å²) in [6.07, 6.45) is 1.84. The number of rotatable bonds is 4. The molecule has 0 radical (unpaired) electrons. The summed E-state index contributed by atoms with van der Waals surface area (Å²) in [5.74, 6) is -0.238. The molecule has 1 unspecified atom stereocenters. The van der Waals surface area contributed by atoms with Gasteiger partial charge in [0.1, 0.15) is 5.82 Å². The smallest absolute Gasteiger partial charge is 0.123 e. The van der Waals surface area contributed by atoms with Crippen LogP contribution in [-0.4, -0.2) is 18.6 Å². The van der Waals surface area contributed by atoms with Crippen molar-refractivity contribution in [3.05, 3.63) is 59.7 Å². The minimum absolute atomic E-state index is 0.0264. The van der Waals surface area contributed by atoms with Crippen molar-refractivity contribution in [2.45, 2.75) is 13.0 Å². The summed E-state index contributed by atoms with van der Waals surface area (Å²) < 4.78 is 12.9. The highest BCUT2D eigenvalue weighted by Gasteiger charge is 2.16. The molecule has 0 saturated carbocycles. The number of nitrogens with two attached hydrogens (primary N) is 1. The van der Waals surface area contributed by atoms with Crippen molar-refractivity contribution in [2.24, 2.45) is 5.73 Å². The molecule has 2 aromatic rings. The molecule has 19 heavy (non-hydrogen) atoms. The van der Waals surface area contributed by atoms with Crippen LogP contribution < -0.4 is 10.6 Å². The van der Waals surface area contributed by atoms with Gasteiger partial charge in [0.2, 0.25) is 0 Å². The van der Waals surface area contributed by atoms with Gasteiger partial charge in [-0.25, -0.2) is 4.39 Å². The minimum Gasteiger partial charge on any atom is -0.366 e. The zero-order valence-electron chi connectivity index (χ0n) is 11.2. The SMILES string of the molecule is Cc1ccc(C(CN)N(C)c2ccc(F)cc2)cn1. The van der Waals surface area contributed by atoms with Gasteiger partial charge in [0, 0.05) is 31.2 Å². The third-order valence-corrected chi connectivity index (χ3v) is 3.24. The summed E-state index contributed by atoms with van der Waals surface area (Å²) in [5, 5.41) is 0. The molecule has 0 aliphatic rings. The molecule has 0 fully saturated rings. The number of halogens is 1. The van der Waals surface area contributed by atoms with Crippen molar-refractivity contribution >= 4 is 5.69 Å². The molecule has 0 aliphatic carbocycles. The summed E-state index contributed by atoms with van der Waals surface area (Å²) in [6, 6.07) is 10.4. The first kappa shape index (κ1) is 13.5. The first-order valence-corrected chi connectivity index (χ1v) is 6.23. The molecular weight excluding hydrogens is 241 g/mol. The van der Waals surface area contributed by atoms with Crippen LogP contribution in [0.1, 0.15) is 17.3 Å². The van der Waals surface area contributed by atoms with E-state index in [2.05, 4.69) is 4.98 Å². The number of nitrogens with zero attached hydrogens (tertiary/aromatic N) is 2. The molecule has 0 amide bonds. The second kappa shape index (κ2) is 5.80. The summed E-state index contributed by atoms with van der Waals surface area (Å²) in [4.78, 5) is 6.33. The van der Waals surface area contributed by atoms with Gasteiger partial charge >= 0.3 is 0 Å². The highest BCUT2D eigenvalue weighted by atomic mass is 19.1. The fraction of sp³-hybridized carbons (Fsp3) is 0.267. The van der Waals surface area contributed by atoms with Crippen LogP contribution in [0.25, 0.3) is 0 Å². The number of aromatic nitrogens is 1. The Morgan fingerprint density at radius 3 is 2.42 bits per heavy atom. The molecule has 0 bridgehead atoms. The summed E-state index contributed by atoms with van der Waals surface area (Å²) >= 11 is 0. The molecule has 2 rings (SSSR count). The number of hydrogen-bond acceptors (Lipinski definition) is 3. The van der Waals surface area contributed by atoms with Gasteiger partial charge in [0.25, 0.3) is 0 Å². The Balaban J connectivity index is 2.26. The van der Waals surface area contributed by atoms with Crippen LogP contribution >= 0.6 is 0 Å². The second-order valence-corrected chi connectivity index (χ2v) is 4.57. The number of benzene rings is 1. The lowest BCUT2D eigenvalue weighted by Crippen LogP contribution is -2.30. The van der Waals surface area contributed by atoms with E-state index in [0.29, 0.717) is 6.54 Å². The molecule has 1 aromatic heterocycles. The number of hydrogen-bond donors (Lipinski definition) is 1. The van der Waals surface area contributed by atoms with E-state index >= 15 is 0 Å². The number of anilines is 1. The summed E-state index contributed by atoms with van der Waals surface area (Å²) in [5.41, 5.74) is 8.83. The van der Waals surface area contributed by atoms with Crippen molar-refractivity contribution in [2.75, 3.05) is 18.5 Å². The molecule has 2 N–H and O–H groups in total. The molecular formula is C15H18FN3. The van der Waals surface area contributed by atoms with E-state index in [1.54, 1.807) is 12.1 Å². The summed E-state index contributed by atoms with van der Waals surface area (Å²) in [7, 11) is 1.95. The highest BCUT2D eigenvalue weighted by molar-refractivity contribution is 5.48.